The van der Waals surface area contributed by atoms with Crippen LogP contribution in [0.5, 0.6) is 0 Å². The zero-order chi connectivity index (χ0) is 4.50. The maximum atomic E-state index is 8.88. The molecule has 0 atom stereocenters. The molecule has 43 valence electrons. The molecule has 0 bridgehead atoms. The Balaban J connectivity index is 0. The van der Waals surface area contributed by atoms with E-state index in [1.54, 1.807) is 0 Å². The largest absolute Gasteiger partial charge is 0.466 e. The van der Waals surface area contributed by atoms with Crippen LogP contribution < -0.4 is 0 Å². The van der Waals surface area contributed by atoms with Crippen LogP contribution in [0.15, 0.2) is 0 Å². The van der Waals surface area contributed by atoms with Gasteiger partial charge in [0.1, 0.15) is 0 Å². The Morgan fingerprint density at radius 1 is 1.17 bits per heavy atom. The minimum absolute atomic E-state index is 0. The summed E-state index contributed by atoms with van der Waals surface area (Å²) in [4.78, 5) is 21.6. The number of hydrogen-bond acceptors (Lipinski definition) is 1. The van der Waals surface area contributed by atoms with Crippen LogP contribution in [-0.4, -0.2) is 14.7 Å². The van der Waals surface area contributed by atoms with Gasteiger partial charge in [-0.05, 0) is 0 Å². The van der Waals surface area contributed by atoms with E-state index < -0.39 is 7.82 Å². The normalized spacial score (nSPS) is 9.83. The summed E-state index contributed by atoms with van der Waals surface area (Å²) in [6.07, 6.45) is 0. The molecule has 6 heteroatoms. The van der Waals surface area contributed by atoms with Gasteiger partial charge in [0.2, 0.25) is 0 Å². The molecule has 6 heavy (non-hydrogen) atoms. The summed E-state index contributed by atoms with van der Waals surface area (Å²) in [6, 6.07) is 0. The summed E-state index contributed by atoms with van der Waals surface area (Å²) in [6.45, 7) is 0. The Morgan fingerprint density at radius 3 is 1.17 bits per heavy atom. The number of rotatable bonds is 0. The number of hydrogen-bond donors (Lipinski definition) is 3. The smallest absolute Gasteiger partial charge is 0.303 e. The van der Waals surface area contributed by atoms with Gasteiger partial charge in [-0.2, -0.15) is 0 Å². The standard InChI is InChI=1S/Au.H3O4P/c;1-5(2,3)4/h;(H3,1,2,3,4). The zero-order valence-electron chi connectivity index (χ0n) is 2.50. The van der Waals surface area contributed by atoms with Gasteiger partial charge in [0.15, 0.2) is 0 Å². The van der Waals surface area contributed by atoms with E-state index in [1.807, 2.05) is 0 Å². The van der Waals surface area contributed by atoms with Crippen molar-refractivity contribution in [1.29, 1.82) is 0 Å². The van der Waals surface area contributed by atoms with E-state index in [1.165, 1.54) is 0 Å². The van der Waals surface area contributed by atoms with Crippen LogP contribution in [0.3, 0.4) is 0 Å². The predicted octanol–water partition coefficient (Wildman–Crippen LogP) is -0.931. The fourth-order valence-electron chi connectivity index (χ4n) is 0. The van der Waals surface area contributed by atoms with Gasteiger partial charge in [0.05, 0.1) is 0 Å². The third-order valence-corrected chi connectivity index (χ3v) is 0. The van der Waals surface area contributed by atoms with Crippen molar-refractivity contribution < 1.29 is 41.6 Å². The summed E-state index contributed by atoms with van der Waals surface area (Å²) >= 11 is 0. The van der Waals surface area contributed by atoms with Gasteiger partial charge in [0.25, 0.3) is 0 Å². The van der Waals surface area contributed by atoms with Crippen molar-refractivity contribution in [3.05, 3.63) is 0 Å². The van der Waals surface area contributed by atoms with Crippen LogP contribution in [0.1, 0.15) is 0 Å². The summed E-state index contributed by atoms with van der Waals surface area (Å²) in [7, 11) is -4.64. The van der Waals surface area contributed by atoms with E-state index in [0.717, 1.165) is 0 Å². The third-order valence-electron chi connectivity index (χ3n) is 0. The van der Waals surface area contributed by atoms with E-state index in [9.17, 15) is 0 Å². The van der Waals surface area contributed by atoms with Crippen molar-refractivity contribution in [1.82, 2.24) is 0 Å². The molecule has 0 fully saturated rings. The second kappa shape index (κ2) is 2.93. The second-order valence-electron chi connectivity index (χ2n) is 0.513. The Morgan fingerprint density at radius 2 is 1.17 bits per heavy atom. The first-order valence-electron chi connectivity index (χ1n) is 0.783. The average molecular weight is 295 g/mol. The Hall–Kier alpha value is 0.850. The van der Waals surface area contributed by atoms with E-state index in [0.29, 0.717) is 0 Å². The molecular weight excluding hydrogens is 292 g/mol. The quantitative estimate of drug-likeness (QED) is 0.398. The summed E-state index contributed by atoms with van der Waals surface area (Å²) < 4.78 is 8.88. The van der Waals surface area contributed by atoms with Crippen LogP contribution in [0.2, 0.25) is 0 Å². The predicted molar refractivity (Wildman–Crippen MR) is 14.3 cm³/mol. The van der Waals surface area contributed by atoms with Crippen molar-refractivity contribution >= 4 is 7.82 Å². The van der Waals surface area contributed by atoms with Gasteiger partial charge in [-0.25, -0.2) is 4.57 Å². The molecular formula is H3AuO4P. The molecule has 3 N–H and O–H groups in total. The van der Waals surface area contributed by atoms with Crippen LogP contribution >= 0.6 is 7.82 Å². The summed E-state index contributed by atoms with van der Waals surface area (Å²) in [5.41, 5.74) is 0. The van der Waals surface area contributed by atoms with E-state index in [-0.39, 0.29) is 22.4 Å². The van der Waals surface area contributed by atoms with Gasteiger partial charge in [-0.1, -0.05) is 0 Å². The fraction of sp³-hybridized carbons (Fsp3) is 0. The minimum Gasteiger partial charge on any atom is -0.303 e. The van der Waals surface area contributed by atoms with E-state index in [4.69, 9.17) is 19.2 Å². The Bertz CT molecular complexity index is 53.7. The maximum absolute atomic E-state index is 8.88. The van der Waals surface area contributed by atoms with E-state index >= 15 is 0 Å². The molecule has 0 saturated carbocycles. The van der Waals surface area contributed by atoms with Crippen molar-refractivity contribution in [2.24, 2.45) is 0 Å². The molecule has 0 aliphatic carbocycles. The average Bonchev–Trinajstić information content (AvgIpc) is 0.722. The van der Waals surface area contributed by atoms with Gasteiger partial charge >= 0.3 is 7.82 Å². The van der Waals surface area contributed by atoms with Gasteiger partial charge < -0.3 is 14.7 Å². The molecule has 0 saturated heterocycles. The first-order valence-corrected chi connectivity index (χ1v) is 2.35. The Labute approximate surface area is 49.9 Å². The van der Waals surface area contributed by atoms with Gasteiger partial charge in [-0.3, -0.25) is 0 Å². The van der Waals surface area contributed by atoms with Crippen molar-refractivity contribution in [3.8, 4) is 0 Å². The molecule has 0 amide bonds. The molecule has 1 radical (unpaired) electrons. The third kappa shape index (κ3) is 99.5. The Kier molecular flexibility index (Phi) is 4.87. The van der Waals surface area contributed by atoms with Crippen LogP contribution in [0.4, 0.5) is 0 Å². The molecule has 0 aromatic heterocycles. The first-order chi connectivity index (χ1) is 2.00. The molecule has 0 heterocycles. The number of phosphoric acid groups is 1. The molecule has 0 spiro atoms. The van der Waals surface area contributed by atoms with Crippen molar-refractivity contribution in [2.45, 2.75) is 0 Å². The molecule has 0 aromatic carbocycles. The SMILES string of the molecule is O=P(O)(O)O.[Au]. The van der Waals surface area contributed by atoms with Gasteiger partial charge in [0, 0.05) is 22.4 Å². The van der Waals surface area contributed by atoms with Crippen LogP contribution in [0.25, 0.3) is 0 Å². The summed E-state index contributed by atoms with van der Waals surface area (Å²) in [5.74, 6) is 0. The first kappa shape index (κ1) is 9.97. The van der Waals surface area contributed by atoms with Crippen molar-refractivity contribution in [2.75, 3.05) is 0 Å². The molecule has 0 aromatic rings. The fourth-order valence-corrected chi connectivity index (χ4v) is 0. The second-order valence-corrected chi connectivity index (χ2v) is 1.54. The molecule has 0 unspecified atom stereocenters. The topological polar surface area (TPSA) is 77.8 Å². The molecule has 0 aliphatic rings. The molecule has 0 rings (SSSR count). The van der Waals surface area contributed by atoms with Gasteiger partial charge in [-0.15, -0.1) is 0 Å². The monoisotopic (exact) mass is 295 g/mol. The van der Waals surface area contributed by atoms with E-state index in [2.05, 4.69) is 0 Å². The maximum Gasteiger partial charge on any atom is 0.466 e. The van der Waals surface area contributed by atoms with Crippen LogP contribution in [-0.2, 0) is 26.9 Å². The zero-order valence-corrected chi connectivity index (χ0v) is 5.56. The molecule has 4 nitrogen and oxygen atoms in total. The summed E-state index contributed by atoms with van der Waals surface area (Å²) in [5, 5.41) is 0. The molecule has 0 aliphatic heterocycles. The van der Waals surface area contributed by atoms with Crippen LogP contribution in [0, 0.1) is 0 Å². The minimum atomic E-state index is -4.64. The van der Waals surface area contributed by atoms with Crippen molar-refractivity contribution in [3.63, 3.8) is 0 Å².